The van der Waals surface area contributed by atoms with Gasteiger partial charge >= 0.3 is 0 Å². The first-order chi connectivity index (χ1) is 8.26. The number of rotatable bonds is 3. The van der Waals surface area contributed by atoms with Crippen LogP contribution in [-0.4, -0.2) is 10.7 Å². The van der Waals surface area contributed by atoms with Gasteiger partial charge in [0, 0.05) is 5.39 Å². The van der Waals surface area contributed by atoms with Gasteiger partial charge in [0.1, 0.15) is 11.1 Å². The van der Waals surface area contributed by atoms with Crippen molar-refractivity contribution in [3.8, 4) is 6.07 Å². The molecule has 0 atom stereocenters. The van der Waals surface area contributed by atoms with Crippen molar-refractivity contribution in [1.82, 2.24) is 4.98 Å². The van der Waals surface area contributed by atoms with Crippen LogP contribution in [0.2, 0.25) is 0 Å². The molecule has 2 aromatic rings. The van der Waals surface area contributed by atoms with Gasteiger partial charge in [-0.1, -0.05) is 25.1 Å². The molecule has 1 aromatic carbocycles. The van der Waals surface area contributed by atoms with E-state index in [9.17, 15) is 0 Å². The molecule has 0 fully saturated rings. The number of nitrogens with zero attached hydrogens (tertiary/aromatic N) is 2. The second-order valence-corrected chi connectivity index (χ2v) is 5.03. The Morgan fingerprint density at radius 1 is 1.41 bits per heavy atom. The van der Waals surface area contributed by atoms with Crippen molar-refractivity contribution in [3.05, 3.63) is 35.4 Å². The minimum absolute atomic E-state index is 0.682. The van der Waals surface area contributed by atoms with Crippen LogP contribution >= 0.6 is 11.8 Å². The Balaban J connectivity index is 2.58. The lowest BCUT2D eigenvalue weighted by molar-refractivity contribution is 1.09. The first-order valence-electron chi connectivity index (χ1n) is 5.69. The van der Waals surface area contributed by atoms with Crippen LogP contribution in [0.5, 0.6) is 0 Å². The Morgan fingerprint density at radius 2 is 2.24 bits per heavy atom. The molecule has 3 heteroatoms. The van der Waals surface area contributed by atoms with E-state index in [2.05, 4.69) is 31.0 Å². The predicted molar refractivity (Wildman–Crippen MR) is 72.2 cm³/mol. The molecule has 0 spiro atoms. The van der Waals surface area contributed by atoms with Gasteiger partial charge in [-0.25, -0.2) is 4.98 Å². The lowest BCUT2D eigenvalue weighted by Crippen LogP contribution is -1.91. The van der Waals surface area contributed by atoms with Crippen molar-refractivity contribution in [2.45, 2.75) is 25.3 Å². The van der Waals surface area contributed by atoms with E-state index in [-0.39, 0.29) is 0 Å². The molecule has 2 nitrogen and oxygen atoms in total. The highest BCUT2D eigenvalue weighted by molar-refractivity contribution is 7.99. The van der Waals surface area contributed by atoms with Gasteiger partial charge in [0.15, 0.2) is 0 Å². The van der Waals surface area contributed by atoms with Gasteiger partial charge in [0.05, 0.1) is 11.1 Å². The largest absolute Gasteiger partial charge is 0.240 e. The monoisotopic (exact) mass is 242 g/mol. The van der Waals surface area contributed by atoms with Gasteiger partial charge in [0.2, 0.25) is 0 Å². The number of nitriles is 1. The third-order valence-electron chi connectivity index (χ3n) is 2.58. The van der Waals surface area contributed by atoms with Gasteiger partial charge in [-0.2, -0.15) is 5.26 Å². The number of pyridine rings is 1. The van der Waals surface area contributed by atoms with Crippen LogP contribution in [0.3, 0.4) is 0 Å². The van der Waals surface area contributed by atoms with Crippen molar-refractivity contribution in [1.29, 1.82) is 5.26 Å². The molecule has 1 aromatic heterocycles. The number of benzene rings is 1. The molecule has 0 saturated carbocycles. The van der Waals surface area contributed by atoms with Crippen molar-refractivity contribution >= 4 is 22.7 Å². The zero-order valence-electron chi connectivity index (χ0n) is 10.0. The normalized spacial score (nSPS) is 10.4. The first-order valence-corrected chi connectivity index (χ1v) is 6.68. The predicted octanol–water partition coefficient (Wildman–Crippen LogP) is 3.92. The summed E-state index contributed by atoms with van der Waals surface area (Å²) in [5.74, 6) is 0.999. The average molecular weight is 242 g/mol. The van der Waals surface area contributed by atoms with Crippen LogP contribution in [0, 0.1) is 18.3 Å². The van der Waals surface area contributed by atoms with E-state index in [1.165, 1.54) is 0 Å². The maximum absolute atomic E-state index is 9.14. The molecule has 1 heterocycles. The first kappa shape index (κ1) is 11.9. The van der Waals surface area contributed by atoms with E-state index >= 15 is 0 Å². The number of aromatic nitrogens is 1. The van der Waals surface area contributed by atoms with Gasteiger partial charge in [0.25, 0.3) is 0 Å². The van der Waals surface area contributed by atoms with E-state index < -0.39 is 0 Å². The summed E-state index contributed by atoms with van der Waals surface area (Å²) >= 11 is 1.66. The molecular formula is C14H14N2S. The molecular weight excluding hydrogens is 228 g/mol. The topological polar surface area (TPSA) is 36.7 Å². The molecule has 0 radical (unpaired) electrons. The average Bonchev–Trinajstić information content (AvgIpc) is 2.36. The van der Waals surface area contributed by atoms with Crippen molar-refractivity contribution in [2.75, 3.05) is 5.75 Å². The van der Waals surface area contributed by atoms with Crippen LogP contribution in [0.4, 0.5) is 0 Å². The van der Waals surface area contributed by atoms with Crippen LogP contribution in [0.15, 0.2) is 29.3 Å². The summed E-state index contributed by atoms with van der Waals surface area (Å²) in [6.07, 6.45) is 1.09. The van der Waals surface area contributed by atoms with E-state index in [1.807, 2.05) is 18.2 Å². The molecule has 0 bridgehead atoms. The number of thioether (sulfide) groups is 1. The number of para-hydroxylation sites is 1. The summed E-state index contributed by atoms with van der Waals surface area (Å²) in [4.78, 5) is 4.62. The highest BCUT2D eigenvalue weighted by Crippen LogP contribution is 2.26. The number of aryl methyl sites for hydroxylation is 1. The van der Waals surface area contributed by atoms with Crippen molar-refractivity contribution in [3.63, 3.8) is 0 Å². The van der Waals surface area contributed by atoms with Crippen LogP contribution in [0.1, 0.15) is 24.5 Å². The van der Waals surface area contributed by atoms with Crippen molar-refractivity contribution < 1.29 is 0 Å². The second-order valence-electron chi connectivity index (χ2n) is 3.95. The number of hydrogen-bond acceptors (Lipinski definition) is 3. The zero-order chi connectivity index (χ0) is 12.3. The molecule has 0 N–H and O–H groups in total. The van der Waals surface area contributed by atoms with Crippen LogP contribution in [-0.2, 0) is 0 Å². The van der Waals surface area contributed by atoms with E-state index in [0.717, 1.165) is 33.7 Å². The Bertz CT molecular complexity index is 585. The molecule has 17 heavy (non-hydrogen) atoms. The summed E-state index contributed by atoms with van der Waals surface area (Å²) in [6.45, 7) is 4.18. The van der Waals surface area contributed by atoms with Crippen LogP contribution in [0.25, 0.3) is 10.9 Å². The lowest BCUT2D eigenvalue weighted by atomic mass is 10.1. The Hall–Kier alpha value is -1.53. The highest BCUT2D eigenvalue weighted by Gasteiger charge is 2.08. The molecule has 0 amide bonds. The zero-order valence-corrected chi connectivity index (χ0v) is 10.8. The standard InChI is InChI=1S/C14H14N2S/c1-3-7-17-14-12(9-15)8-11-6-4-5-10(2)13(11)16-14/h4-6,8H,3,7H2,1-2H3. The summed E-state index contributed by atoms with van der Waals surface area (Å²) < 4.78 is 0. The van der Waals surface area contributed by atoms with Gasteiger partial charge < -0.3 is 0 Å². The third kappa shape index (κ3) is 2.42. The molecule has 2 rings (SSSR count). The lowest BCUT2D eigenvalue weighted by Gasteiger charge is -2.06. The SMILES string of the molecule is CCCSc1nc2c(C)cccc2cc1C#N. The summed E-state index contributed by atoms with van der Waals surface area (Å²) in [5.41, 5.74) is 2.84. The smallest absolute Gasteiger partial charge is 0.115 e. The molecule has 0 aliphatic heterocycles. The van der Waals surface area contributed by atoms with Crippen molar-refractivity contribution in [2.24, 2.45) is 0 Å². The number of hydrogen-bond donors (Lipinski definition) is 0. The van der Waals surface area contributed by atoms with Gasteiger partial charge in [-0.3, -0.25) is 0 Å². The van der Waals surface area contributed by atoms with E-state index in [0.29, 0.717) is 5.56 Å². The molecule has 0 saturated heterocycles. The summed E-state index contributed by atoms with van der Waals surface area (Å²) in [5, 5.41) is 11.0. The molecule has 0 aliphatic carbocycles. The quantitative estimate of drug-likeness (QED) is 0.765. The Kier molecular flexibility index (Phi) is 3.65. The maximum atomic E-state index is 9.14. The third-order valence-corrected chi connectivity index (χ3v) is 3.77. The van der Waals surface area contributed by atoms with E-state index in [1.54, 1.807) is 11.8 Å². The minimum Gasteiger partial charge on any atom is -0.240 e. The Morgan fingerprint density at radius 3 is 2.94 bits per heavy atom. The Labute approximate surface area is 106 Å². The van der Waals surface area contributed by atoms with E-state index in [4.69, 9.17) is 5.26 Å². The fraction of sp³-hybridized carbons (Fsp3) is 0.286. The minimum atomic E-state index is 0.682. The molecule has 0 unspecified atom stereocenters. The summed E-state index contributed by atoms with van der Waals surface area (Å²) in [7, 11) is 0. The molecule has 86 valence electrons. The fourth-order valence-electron chi connectivity index (χ4n) is 1.72. The van der Waals surface area contributed by atoms with Gasteiger partial charge in [-0.15, -0.1) is 11.8 Å². The maximum Gasteiger partial charge on any atom is 0.115 e. The second kappa shape index (κ2) is 5.20. The molecule has 0 aliphatic rings. The van der Waals surface area contributed by atoms with Gasteiger partial charge in [-0.05, 0) is 30.7 Å². The summed E-state index contributed by atoms with van der Waals surface area (Å²) in [6, 6.07) is 10.2. The highest BCUT2D eigenvalue weighted by atomic mass is 32.2. The van der Waals surface area contributed by atoms with Crippen LogP contribution < -0.4 is 0 Å². The number of fused-ring (bicyclic) bond motifs is 1. The fourth-order valence-corrected chi connectivity index (χ4v) is 2.53.